The number of carbonyl (C=O) groups is 2. The van der Waals surface area contributed by atoms with Crippen molar-refractivity contribution in [3.63, 3.8) is 0 Å². The minimum Gasteiger partial charge on any atom is -0.457 e. The van der Waals surface area contributed by atoms with Crippen LogP contribution in [0, 0.1) is 23.2 Å². The largest absolute Gasteiger partial charge is 0.457 e. The number of Topliss-reactive ketones (excluding diaryl/α,β-unsaturated/α-hetero) is 1. The lowest BCUT2D eigenvalue weighted by Gasteiger charge is -2.17. The van der Waals surface area contributed by atoms with E-state index in [1.165, 1.54) is 0 Å². The van der Waals surface area contributed by atoms with Gasteiger partial charge in [0, 0.05) is 28.6 Å². The van der Waals surface area contributed by atoms with Crippen molar-refractivity contribution in [2.24, 2.45) is 17.6 Å². The van der Waals surface area contributed by atoms with Crippen molar-refractivity contribution in [1.29, 1.82) is 5.26 Å². The van der Waals surface area contributed by atoms with Crippen molar-refractivity contribution < 1.29 is 14.3 Å². The van der Waals surface area contributed by atoms with Crippen LogP contribution < -0.4 is 10.5 Å². The number of aromatic amines is 1. The van der Waals surface area contributed by atoms with Gasteiger partial charge in [-0.05, 0) is 67.3 Å². The zero-order valence-corrected chi connectivity index (χ0v) is 16.5. The molecule has 0 radical (unpaired) electrons. The topological polar surface area (TPSA) is 109 Å². The molecule has 1 unspecified atom stereocenters. The van der Waals surface area contributed by atoms with Gasteiger partial charge in [-0.3, -0.25) is 9.59 Å². The number of nitrogens with two attached hydrogens (primary N) is 1. The van der Waals surface area contributed by atoms with Gasteiger partial charge < -0.3 is 15.5 Å². The summed E-state index contributed by atoms with van der Waals surface area (Å²) in [4.78, 5) is 26.8. The summed E-state index contributed by atoms with van der Waals surface area (Å²) in [6, 6.07) is 14.2. The van der Waals surface area contributed by atoms with Crippen molar-refractivity contribution in [1.82, 2.24) is 4.98 Å². The van der Waals surface area contributed by atoms with E-state index in [0.29, 0.717) is 23.5 Å². The first kappa shape index (κ1) is 19.9. The van der Waals surface area contributed by atoms with Crippen LogP contribution in [-0.4, -0.2) is 23.1 Å². The number of hydrogen-bond donors (Lipinski definition) is 2. The van der Waals surface area contributed by atoms with Crippen LogP contribution in [0.25, 0.3) is 10.9 Å². The highest BCUT2D eigenvalue weighted by atomic mass is 16.5. The molecule has 0 spiro atoms. The zero-order valence-electron chi connectivity index (χ0n) is 16.5. The lowest BCUT2D eigenvalue weighted by Crippen LogP contribution is -2.38. The van der Waals surface area contributed by atoms with Crippen LogP contribution in [0.3, 0.4) is 0 Å². The number of ether oxygens (including phenoxy) is 1. The van der Waals surface area contributed by atoms with Gasteiger partial charge in [-0.15, -0.1) is 0 Å². The van der Waals surface area contributed by atoms with Crippen LogP contribution in [0.15, 0.2) is 48.7 Å². The highest BCUT2D eigenvalue weighted by Crippen LogP contribution is 2.33. The third kappa shape index (κ3) is 3.98. The van der Waals surface area contributed by atoms with Crippen LogP contribution in [0.1, 0.15) is 35.2 Å². The number of fused-ring (bicyclic) bond motifs is 1. The molecule has 2 aromatic carbocycles. The second-order valence-corrected chi connectivity index (χ2v) is 7.80. The molecule has 0 saturated heterocycles. The fourth-order valence-electron chi connectivity index (χ4n) is 4.21. The van der Waals surface area contributed by atoms with Crippen LogP contribution in [-0.2, 0) is 11.2 Å². The zero-order chi connectivity index (χ0) is 21.1. The van der Waals surface area contributed by atoms with Gasteiger partial charge in [0.1, 0.15) is 17.8 Å². The molecule has 4 rings (SSSR count). The average Bonchev–Trinajstić information content (AvgIpc) is 3.40. The monoisotopic (exact) mass is 401 g/mol. The van der Waals surface area contributed by atoms with Crippen molar-refractivity contribution >= 4 is 23.0 Å². The number of benzene rings is 2. The summed E-state index contributed by atoms with van der Waals surface area (Å²) in [7, 11) is 0. The normalized spacial score (nSPS) is 19.3. The van der Waals surface area contributed by atoms with Gasteiger partial charge in [0.15, 0.2) is 5.78 Å². The summed E-state index contributed by atoms with van der Waals surface area (Å²) >= 11 is 0. The van der Waals surface area contributed by atoms with Crippen molar-refractivity contribution in [3.8, 4) is 17.6 Å². The first-order valence-corrected chi connectivity index (χ1v) is 10.1. The smallest absolute Gasteiger partial charge is 0.154 e. The second kappa shape index (κ2) is 8.52. The summed E-state index contributed by atoms with van der Waals surface area (Å²) in [5, 5.41) is 10.2. The Morgan fingerprint density at radius 2 is 2.00 bits per heavy atom. The van der Waals surface area contributed by atoms with Gasteiger partial charge in [-0.1, -0.05) is 6.42 Å². The first-order chi connectivity index (χ1) is 14.6. The van der Waals surface area contributed by atoms with Crippen LogP contribution in [0.2, 0.25) is 0 Å². The second-order valence-electron chi connectivity index (χ2n) is 7.80. The van der Waals surface area contributed by atoms with E-state index in [9.17, 15) is 14.9 Å². The SMILES string of the molecule is N#C[C@H]1CCCC1C(=O)[C@@H](N)Cc1c[nH]c2ccc(Oc3ccc(C=O)cc3)cc12. The third-order valence-electron chi connectivity index (χ3n) is 5.84. The van der Waals surface area contributed by atoms with Crippen LogP contribution >= 0.6 is 0 Å². The maximum atomic E-state index is 12.8. The predicted octanol–water partition coefficient (Wildman–Crippen LogP) is 4.15. The summed E-state index contributed by atoms with van der Waals surface area (Å²) < 4.78 is 5.91. The summed E-state index contributed by atoms with van der Waals surface area (Å²) in [5.41, 5.74) is 8.72. The Hall–Kier alpha value is -3.43. The van der Waals surface area contributed by atoms with Gasteiger partial charge in [0.25, 0.3) is 0 Å². The average molecular weight is 401 g/mol. The summed E-state index contributed by atoms with van der Waals surface area (Å²) in [6.45, 7) is 0. The molecule has 1 aliphatic carbocycles. The minimum absolute atomic E-state index is 0.0175. The molecule has 0 amide bonds. The predicted molar refractivity (Wildman–Crippen MR) is 113 cm³/mol. The molecule has 1 aliphatic rings. The molecule has 3 atom stereocenters. The summed E-state index contributed by atoms with van der Waals surface area (Å²) in [5.74, 6) is 0.812. The Kier molecular flexibility index (Phi) is 5.64. The molecule has 152 valence electrons. The molecular weight excluding hydrogens is 378 g/mol. The number of H-pyrrole nitrogens is 1. The van der Waals surface area contributed by atoms with E-state index in [1.54, 1.807) is 24.3 Å². The number of aldehydes is 1. The Balaban J connectivity index is 1.51. The van der Waals surface area contributed by atoms with Crippen molar-refractivity contribution in [2.75, 3.05) is 0 Å². The van der Waals surface area contributed by atoms with E-state index < -0.39 is 6.04 Å². The molecule has 6 nitrogen and oxygen atoms in total. The van der Waals surface area contributed by atoms with E-state index in [0.717, 1.165) is 42.0 Å². The highest BCUT2D eigenvalue weighted by molar-refractivity contribution is 5.89. The maximum absolute atomic E-state index is 12.8. The number of nitrogens with zero attached hydrogens (tertiary/aromatic N) is 1. The standard InChI is InChI=1S/C24H23N3O3/c25-12-16-2-1-3-20(16)24(29)22(26)10-17-13-27-23-9-8-19(11-21(17)23)30-18-6-4-15(14-28)5-7-18/h4-9,11,13-14,16,20,22,27H,1-3,10,26H2/t16-,20?,22+/m1/s1. The maximum Gasteiger partial charge on any atom is 0.154 e. The van der Waals surface area contributed by atoms with Gasteiger partial charge in [-0.2, -0.15) is 5.26 Å². The fourth-order valence-corrected chi connectivity index (χ4v) is 4.21. The highest BCUT2D eigenvalue weighted by Gasteiger charge is 2.35. The molecular formula is C24H23N3O3. The third-order valence-corrected chi connectivity index (χ3v) is 5.84. The van der Waals surface area contributed by atoms with Crippen LogP contribution in [0.5, 0.6) is 11.5 Å². The van der Waals surface area contributed by atoms with E-state index >= 15 is 0 Å². The Morgan fingerprint density at radius 1 is 1.23 bits per heavy atom. The van der Waals surface area contributed by atoms with E-state index in [2.05, 4.69) is 11.1 Å². The molecule has 1 fully saturated rings. The van der Waals surface area contributed by atoms with E-state index in [-0.39, 0.29) is 17.6 Å². The molecule has 6 heteroatoms. The van der Waals surface area contributed by atoms with Gasteiger partial charge in [0.05, 0.1) is 18.0 Å². The summed E-state index contributed by atoms with van der Waals surface area (Å²) in [6.07, 6.45) is 5.50. The Morgan fingerprint density at radius 3 is 2.73 bits per heavy atom. The minimum atomic E-state index is -0.636. The molecule has 3 N–H and O–H groups in total. The van der Waals surface area contributed by atoms with Crippen molar-refractivity contribution in [2.45, 2.75) is 31.7 Å². The van der Waals surface area contributed by atoms with Crippen molar-refractivity contribution in [3.05, 3.63) is 59.8 Å². The number of hydrogen-bond acceptors (Lipinski definition) is 5. The molecule has 1 aromatic heterocycles. The molecule has 3 aromatic rings. The number of ketones is 1. The van der Waals surface area contributed by atoms with Crippen LogP contribution in [0.4, 0.5) is 0 Å². The first-order valence-electron chi connectivity index (χ1n) is 10.1. The van der Waals surface area contributed by atoms with E-state index in [1.807, 2.05) is 24.4 Å². The van der Waals surface area contributed by atoms with Gasteiger partial charge >= 0.3 is 0 Å². The number of nitrogens with one attached hydrogen (secondary N) is 1. The van der Waals surface area contributed by atoms with E-state index in [4.69, 9.17) is 10.5 Å². The number of aromatic nitrogens is 1. The fraction of sp³-hybridized carbons (Fsp3) is 0.292. The number of carbonyl (C=O) groups excluding carboxylic acids is 2. The number of nitriles is 1. The molecule has 1 heterocycles. The molecule has 0 bridgehead atoms. The quantitative estimate of drug-likeness (QED) is 0.578. The van der Waals surface area contributed by atoms with Gasteiger partial charge in [0.2, 0.25) is 0 Å². The lowest BCUT2D eigenvalue weighted by molar-refractivity contribution is -0.124. The Labute approximate surface area is 174 Å². The number of rotatable bonds is 7. The van der Waals surface area contributed by atoms with Gasteiger partial charge in [-0.25, -0.2) is 0 Å². The Bertz CT molecular complexity index is 1110. The molecule has 1 saturated carbocycles. The molecule has 30 heavy (non-hydrogen) atoms. The molecule has 0 aliphatic heterocycles. The lowest BCUT2D eigenvalue weighted by atomic mass is 9.87.